The number of carboxylic acid groups (broad SMARTS) is 1. The first-order valence-electron chi connectivity index (χ1n) is 10.3. The van der Waals surface area contributed by atoms with Gasteiger partial charge in [-0.15, -0.1) is 0 Å². The van der Waals surface area contributed by atoms with Gasteiger partial charge in [-0.3, -0.25) is 14.5 Å². The number of piperazine rings is 1. The number of hydrogen-bond acceptors (Lipinski definition) is 5. The number of urea groups is 1. The fraction of sp³-hybridized carbons (Fsp3) is 0.524. The van der Waals surface area contributed by atoms with E-state index in [9.17, 15) is 24.3 Å². The Labute approximate surface area is 174 Å². The van der Waals surface area contributed by atoms with E-state index in [1.807, 2.05) is 36.2 Å². The molecule has 1 aromatic rings. The zero-order chi connectivity index (χ0) is 21.4. The molecule has 0 aliphatic carbocycles. The van der Waals surface area contributed by atoms with Crippen molar-refractivity contribution in [1.29, 1.82) is 0 Å². The van der Waals surface area contributed by atoms with Crippen molar-refractivity contribution in [1.82, 2.24) is 14.7 Å². The van der Waals surface area contributed by atoms with E-state index in [2.05, 4.69) is 0 Å². The van der Waals surface area contributed by atoms with Crippen LogP contribution in [0.4, 0.5) is 10.5 Å². The first kappa shape index (κ1) is 20.3. The Morgan fingerprint density at radius 2 is 1.77 bits per heavy atom. The van der Waals surface area contributed by atoms with E-state index < -0.39 is 23.9 Å². The standard InChI is InChI=1S/C21H26N4O5/c1-22-9-10-24(19(27)13-22)16-6-4-14(5-7-16)15-3-2-8-23(12-15)21(30)25-17(20(28)29)11-18(25)26/h4-7,15,17H,2-3,8-13H2,1H3,(H,28,29). The fourth-order valence-corrected chi connectivity index (χ4v) is 4.42. The van der Waals surface area contributed by atoms with Crippen LogP contribution in [0.5, 0.6) is 0 Å². The van der Waals surface area contributed by atoms with E-state index in [1.165, 1.54) is 0 Å². The fourth-order valence-electron chi connectivity index (χ4n) is 4.42. The minimum absolute atomic E-state index is 0.0816. The number of imide groups is 1. The van der Waals surface area contributed by atoms with Crippen molar-refractivity contribution in [3.05, 3.63) is 29.8 Å². The predicted molar refractivity (Wildman–Crippen MR) is 108 cm³/mol. The van der Waals surface area contributed by atoms with Gasteiger partial charge in [-0.2, -0.15) is 0 Å². The van der Waals surface area contributed by atoms with Crippen LogP contribution in [0, 0.1) is 0 Å². The topological polar surface area (TPSA) is 101 Å². The van der Waals surface area contributed by atoms with Crippen molar-refractivity contribution in [2.45, 2.75) is 31.2 Å². The molecule has 0 bridgehead atoms. The number of hydrogen-bond donors (Lipinski definition) is 1. The minimum atomic E-state index is -1.15. The number of carbonyl (C=O) groups is 4. The average Bonchev–Trinajstić information content (AvgIpc) is 2.72. The van der Waals surface area contributed by atoms with E-state index in [0.717, 1.165) is 35.5 Å². The molecule has 9 heteroatoms. The normalized spacial score (nSPS) is 25.3. The van der Waals surface area contributed by atoms with Crippen LogP contribution >= 0.6 is 0 Å². The molecule has 2 atom stereocenters. The van der Waals surface area contributed by atoms with Crippen molar-refractivity contribution >= 4 is 29.5 Å². The number of piperidine rings is 1. The first-order valence-corrected chi connectivity index (χ1v) is 10.3. The van der Waals surface area contributed by atoms with Crippen LogP contribution in [0.1, 0.15) is 30.7 Å². The summed E-state index contributed by atoms with van der Waals surface area (Å²) in [5.41, 5.74) is 1.94. The third-order valence-corrected chi connectivity index (χ3v) is 6.22. The summed E-state index contributed by atoms with van der Waals surface area (Å²) in [6.07, 6.45) is 1.58. The number of benzene rings is 1. The lowest BCUT2D eigenvalue weighted by Gasteiger charge is -2.41. The summed E-state index contributed by atoms with van der Waals surface area (Å²) in [7, 11) is 1.93. The van der Waals surface area contributed by atoms with E-state index in [1.54, 1.807) is 9.80 Å². The van der Waals surface area contributed by atoms with Crippen LogP contribution in [-0.4, -0.2) is 89.4 Å². The Hall–Kier alpha value is -2.94. The number of β-lactam (4-membered cyclic amide) rings is 1. The van der Waals surface area contributed by atoms with Crippen molar-refractivity contribution in [2.24, 2.45) is 0 Å². The summed E-state index contributed by atoms with van der Waals surface area (Å²) < 4.78 is 0. The number of carbonyl (C=O) groups excluding carboxylic acids is 3. The molecule has 3 aliphatic heterocycles. The second-order valence-electron chi connectivity index (χ2n) is 8.26. The van der Waals surface area contributed by atoms with Crippen molar-refractivity contribution in [3.8, 4) is 0 Å². The van der Waals surface area contributed by atoms with E-state index >= 15 is 0 Å². The Kier molecular flexibility index (Phi) is 5.46. The van der Waals surface area contributed by atoms with Gasteiger partial charge in [0.2, 0.25) is 11.8 Å². The molecule has 4 rings (SSSR count). The third-order valence-electron chi connectivity index (χ3n) is 6.22. The summed E-state index contributed by atoms with van der Waals surface area (Å²) in [4.78, 5) is 54.3. The maximum atomic E-state index is 12.7. The number of likely N-dealkylation sites (tertiary alicyclic amines) is 2. The summed E-state index contributed by atoms with van der Waals surface area (Å²) in [5, 5.41) is 9.17. The van der Waals surface area contributed by atoms with Gasteiger partial charge >= 0.3 is 12.0 Å². The molecular formula is C21H26N4O5. The largest absolute Gasteiger partial charge is 0.480 e. The molecule has 3 heterocycles. The quantitative estimate of drug-likeness (QED) is 0.739. The van der Waals surface area contributed by atoms with Gasteiger partial charge in [-0.1, -0.05) is 12.1 Å². The van der Waals surface area contributed by atoms with Gasteiger partial charge < -0.3 is 14.9 Å². The van der Waals surface area contributed by atoms with Gasteiger partial charge in [-0.05, 0) is 37.6 Å². The number of carboxylic acids is 1. The predicted octanol–water partition coefficient (Wildman–Crippen LogP) is 0.950. The van der Waals surface area contributed by atoms with Gasteiger partial charge in [0.1, 0.15) is 6.04 Å². The molecule has 1 aromatic carbocycles. The average molecular weight is 414 g/mol. The number of amides is 4. The Balaban J connectivity index is 1.42. The van der Waals surface area contributed by atoms with Crippen molar-refractivity contribution in [3.63, 3.8) is 0 Å². The summed E-state index contributed by atoms with van der Waals surface area (Å²) >= 11 is 0. The highest BCUT2D eigenvalue weighted by molar-refractivity contribution is 6.05. The molecule has 3 fully saturated rings. The molecule has 3 saturated heterocycles. The van der Waals surface area contributed by atoms with Crippen LogP contribution in [0.15, 0.2) is 24.3 Å². The number of nitrogens with zero attached hydrogens (tertiary/aromatic N) is 4. The highest BCUT2D eigenvalue weighted by Crippen LogP contribution is 2.31. The molecule has 2 unspecified atom stereocenters. The Bertz CT molecular complexity index is 871. The molecule has 3 aliphatic rings. The first-order chi connectivity index (χ1) is 14.3. The second-order valence-corrected chi connectivity index (χ2v) is 8.26. The van der Waals surface area contributed by atoms with Crippen molar-refractivity contribution < 1.29 is 24.3 Å². The molecular weight excluding hydrogens is 388 g/mol. The molecule has 1 N–H and O–H groups in total. The minimum Gasteiger partial charge on any atom is -0.480 e. The molecule has 0 aromatic heterocycles. The maximum Gasteiger partial charge on any atom is 0.327 e. The monoisotopic (exact) mass is 414 g/mol. The molecule has 4 amide bonds. The number of rotatable bonds is 3. The highest BCUT2D eigenvalue weighted by atomic mass is 16.4. The van der Waals surface area contributed by atoms with Crippen LogP contribution in [0.2, 0.25) is 0 Å². The van der Waals surface area contributed by atoms with Gasteiger partial charge in [0, 0.05) is 37.8 Å². The lowest BCUT2D eigenvalue weighted by atomic mass is 9.90. The number of likely N-dealkylation sites (N-methyl/N-ethyl adjacent to an activating group) is 1. The summed E-state index contributed by atoms with van der Waals surface area (Å²) in [6, 6.07) is 6.31. The SMILES string of the molecule is CN1CCN(c2ccc(C3CCCN(C(=O)N4C(=O)CC4C(=O)O)C3)cc2)C(=O)C1. The molecule has 0 saturated carbocycles. The van der Waals surface area contributed by atoms with Gasteiger partial charge in [0.05, 0.1) is 13.0 Å². The Morgan fingerprint density at radius 1 is 1.03 bits per heavy atom. The summed E-state index contributed by atoms with van der Waals surface area (Å²) in [5.74, 6) is -1.39. The zero-order valence-electron chi connectivity index (χ0n) is 17.0. The van der Waals surface area contributed by atoms with E-state index in [0.29, 0.717) is 26.2 Å². The van der Waals surface area contributed by atoms with Crippen LogP contribution in [-0.2, 0) is 14.4 Å². The highest BCUT2D eigenvalue weighted by Gasteiger charge is 2.47. The van der Waals surface area contributed by atoms with Crippen LogP contribution in [0.3, 0.4) is 0 Å². The zero-order valence-corrected chi connectivity index (χ0v) is 17.0. The molecule has 9 nitrogen and oxygen atoms in total. The lowest BCUT2D eigenvalue weighted by molar-refractivity contribution is -0.158. The molecule has 0 spiro atoms. The third kappa shape index (κ3) is 3.77. The molecule has 160 valence electrons. The second kappa shape index (κ2) is 8.06. The van der Waals surface area contributed by atoms with E-state index in [4.69, 9.17) is 0 Å². The van der Waals surface area contributed by atoms with Gasteiger partial charge in [0.15, 0.2) is 0 Å². The smallest absolute Gasteiger partial charge is 0.327 e. The summed E-state index contributed by atoms with van der Waals surface area (Å²) in [6.45, 7) is 2.86. The van der Waals surface area contributed by atoms with Crippen LogP contribution in [0.25, 0.3) is 0 Å². The van der Waals surface area contributed by atoms with Gasteiger partial charge in [0.25, 0.3) is 0 Å². The van der Waals surface area contributed by atoms with E-state index in [-0.39, 0.29) is 18.2 Å². The lowest BCUT2D eigenvalue weighted by Crippen LogP contribution is -2.63. The number of aliphatic carboxylic acids is 1. The van der Waals surface area contributed by atoms with Gasteiger partial charge in [-0.25, -0.2) is 14.5 Å². The van der Waals surface area contributed by atoms with Crippen molar-refractivity contribution in [2.75, 3.05) is 44.7 Å². The Morgan fingerprint density at radius 3 is 2.40 bits per heavy atom. The molecule has 30 heavy (non-hydrogen) atoms. The maximum absolute atomic E-state index is 12.7. The number of anilines is 1. The molecule has 0 radical (unpaired) electrons. The van der Waals surface area contributed by atoms with Crippen LogP contribution < -0.4 is 4.90 Å².